The van der Waals surface area contributed by atoms with Crippen molar-refractivity contribution in [1.82, 2.24) is 19.7 Å². The number of rotatable bonds is 8. The maximum absolute atomic E-state index is 5.44. The maximum atomic E-state index is 5.44. The van der Waals surface area contributed by atoms with Crippen LogP contribution in [0.2, 0.25) is 0 Å². The number of thioether (sulfide) groups is 1. The first-order valence-corrected chi connectivity index (χ1v) is 10.1. The smallest absolute Gasteiger partial charge is 0.200 e. The number of furan rings is 1. The van der Waals surface area contributed by atoms with Crippen LogP contribution >= 0.6 is 23.1 Å². The molecular weight excluding hydrogens is 340 g/mol. The van der Waals surface area contributed by atoms with E-state index in [9.17, 15) is 0 Å². The first-order chi connectivity index (χ1) is 11.7. The van der Waals surface area contributed by atoms with Gasteiger partial charge in [0.15, 0.2) is 16.7 Å². The highest BCUT2D eigenvalue weighted by atomic mass is 32.2. The van der Waals surface area contributed by atoms with E-state index in [-0.39, 0.29) is 0 Å². The predicted octanol–water partition coefficient (Wildman–Crippen LogP) is 4.90. The quantitative estimate of drug-likeness (QED) is 0.534. The maximum Gasteiger partial charge on any atom is 0.200 e. The Morgan fingerprint density at radius 3 is 2.92 bits per heavy atom. The van der Waals surface area contributed by atoms with E-state index in [1.54, 1.807) is 29.4 Å². The summed E-state index contributed by atoms with van der Waals surface area (Å²) in [4.78, 5) is 4.73. The molecule has 0 amide bonds. The van der Waals surface area contributed by atoms with Gasteiger partial charge in [0.05, 0.1) is 17.0 Å². The molecule has 0 saturated heterocycles. The van der Waals surface area contributed by atoms with Gasteiger partial charge in [-0.1, -0.05) is 25.6 Å². The summed E-state index contributed by atoms with van der Waals surface area (Å²) in [5.74, 6) is 3.06. The summed E-state index contributed by atoms with van der Waals surface area (Å²) in [6, 6.07) is 3.77. The molecule has 0 aliphatic carbocycles. The van der Waals surface area contributed by atoms with Crippen molar-refractivity contribution in [2.75, 3.05) is 0 Å². The molecule has 0 aromatic carbocycles. The van der Waals surface area contributed by atoms with E-state index in [1.807, 2.05) is 12.1 Å². The predicted molar refractivity (Wildman–Crippen MR) is 98.2 cm³/mol. The van der Waals surface area contributed by atoms with E-state index in [0.29, 0.717) is 0 Å². The van der Waals surface area contributed by atoms with Gasteiger partial charge in [-0.05, 0) is 37.8 Å². The Morgan fingerprint density at radius 1 is 1.33 bits per heavy atom. The molecule has 0 saturated carbocycles. The van der Waals surface area contributed by atoms with Crippen molar-refractivity contribution in [2.24, 2.45) is 5.92 Å². The minimum absolute atomic E-state index is 0.717. The number of aromatic nitrogens is 4. The molecule has 3 aromatic rings. The lowest BCUT2D eigenvalue weighted by molar-refractivity contribution is 0.567. The van der Waals surface area contributed by atoms with E-state index in [2.05, 4.69) is 40.9 Å². The zero-order valence-corrected chi connectivity index (χ0v) is 15.9. The fourth-order valence-electron chi connectivity index (χ4n) is 2.35. The summed E-state index contributed by atoms with van der Waals surface area (Å²) in [6.07, 6.45) is 3.92. The minimum atomic E-state index is 0.717. The highest BCUT2D eigenvalue weighted by Crippen LogP contribution is 2.27. The molecule has 0 atom stereocenters. The highest BCUT2D eigenvalue weighted by molar-refractivity contribution is 7.98. The van der Waals surface area contributed by atoms with E-state index >= 15 is 0 Å². The van der Waals surface area contributed by atoms with Gasteiger partial charge in [0, 0.05) is 17.7 Å². The van der Waals surface area contributed by atoms with Gasteiger partial charge in [-0.3, -0.25) is 4.57 Å². The van der Waals surface area contributed by atoms with Crippen molar-refractivity contribution >= 4 is 23.1 Å². The summed E-state index contributed by atoms with van der Waals surface area (Å²) in [5, 5.41) is 12.9. The number of hydrogen-bond donors (Lipinski definition) is 0. The monoisotopic (exact) mass is 362 g/mol. The zero-order chi connectivity index (χ0) is 16.9. The molecule has 3 aromatic heterocycles. The topological polar surface area (TPSA) is 56.7 Å². The number of aryl methyl sites for hydroxylation is 1. The first kappa shape index (κ1) is 17.2. The Morgan fingerprint density at radius 2 is 2.21 bits per heavy atom. The summed E-state index contributed by atoms with van der Waals surface area (Å²) in [6.45, 7) is 7.39. The van der Waals surface area contributed by atoms with E-state index in [1.165, 1.54) is 11.4 Å². The molecule has 0 bridgehead atoms. The van der Waals surface area contributed by atoms with Crippen LogP contribution in [0.5, 0.6) is 0 Å². The molecule has 0 radical (unpaired) electrons. The molecule has 0 unspecified atom stereocenters. The Hall–Kier alpha value is -1.60. The van der Waals surface area contributed by atoms with Crippen LogP contribution in [0, 0.1) is 5.92 Å². The normalized spacial score (nSPS) is 11.5. The third-order valence-electron chi connectivity index (χ3n) is 3.66. The molecule has 24 heavy (non-hydrogen) atoms. The Bertz CT molecular complexity index is 762. The van der Waals surface area contributed by atoms with Crippen LogP contribution in [0.3, 0.4) is 0 Å². The van der Waals surface area contributed by atoms with E-state index < -0.39 is 0 Å². The largest absolute Gasteiger partial charge is 0.461 e. The Kier molecular flexibility index (Phi) is 5.73. The van der Waals surface area contributed by atoms with Gasteiger partial charge >= 0.3 is 0 Å². The van der Waals surface area contributed by atoms with Crippen LogP contribution in [-0.4, -0.2) is 19.7 Å². The lowest BCUT2D eigenvalue weighted by Crippen LogP contribution is -1.99. The second kappa shape index (κ2) is 7.98. The average molecular weight is 363 g/mol. The molecule has 3 rings (SSSR count). The molecule has 0 fully saturated rings. The van der Waals surface area contributed by atoms with Crippen molar-refractivity contribution in [2.45, 2.75) is 51.1 Å². The standard InChI is InChI=1S/C17H22N4OS2/c1-4-21-16(14-6-5-9-22-14)19-20-17(21)24-11-13-10-23-15(18-13)8-7-12(2)3/h5-6,9-10,12H,4,7-8,11H2,1-3H3. The number of thiazole rings is 1. The van der Waals surface area contributed by atoms with Crippen molar-refractivity contribution in [3.8, 4) is 11.6 Å². The fraction of sp³-hybridized carbons (Fsp3) is 0.471. The van der Waals surface area contributed by atoms with Crippen LogP contribution in [0.15, 0.2) is 33.3 Å². The second-order valence-electron chi connectivity index (χ2n) is 5.98. The number of nitrogens with zero attached hydrogens (tertiary/aromatic N) is 4. The summed E-state index contributed by atoms with van der Waals surface area (Å²) in [7, 11) is 0. The summed E-state index contributed by atoms with van der Waals surface area (Å²) < 4.78 is 7.52. The molecule has 5 nitrogen and oxygen atoms in total. The third kappa shape index (κ3) is 4.08. The van der Waals surface area contributed by atoms with Crippen LogP contribution in [0.1, 0.15) is 37.9 Å². The Balaban J connectivity index is 1.65. The van der Waals surface area contributed by atoms with Gasteiger partial charge in [0.1, 0.15) is 0 Å². The molecule has 0 aliphatic heterocycles. The Labute approximate surface area is 150 Å². The van der Waals surface area contributed by atoms with Crippen molar-refractivity contribution in [1.29, 1.82) is 0 Å². The van der Waals surface area contributed by atoms with Crippen LogP contribution in [0.25, 0.3) is 11.6 Å². The van der Waals surface area contributed by atoms with Gasteiger partial charge in [-0.25, -0.2) is 4.98 Å². The molecule has 0 N–H and O–H groups in total. The lowest BCUT2D eigenvalue weighted by atomic mass is 10.1. The van der Waals surface area contributed by atoms with Crippen LogP contribution in [-0.2, 0) is 18.7 Å². The van der Waals surface area contributed by atoms with E-state index in [0.717, 1.165) is 47.1 Å². The zero-order valence-electron chi connectivity index (χ0n) is 14.2. The first-order valence-electron chi connectivity index (χ1n) is 8.20. The van der Waals surface area contributed by atoms with E-state index in [4.69, 9.17) is 9.40 Å². The lowest BCUT2D eigenvalue weighted by Gasteiger charge is -2.04. The third-order valence-corrected chi connectivity index (χ3v) is 5.62. The molecule has 7 heteroatoms. The number of hydrogen-bond acceptors (Lipinski definition) is 6. The highest BCUT2D eigenvalue weighted by Gasteiger charge is 2.15. The van der Waals surface area contributed by atoms with Gasteiger partial charge in [0.2, 0.25) is 0 Å². The summed E-state index contributed by atoms with van der Waals surface area (Å²) in [5.41, 5.74) is 1.12. The molecule has 3 heterocycles. The summed E-state index contributed by atoms with van der Waals surface area (Å²) >= 11 is 3.43. The molecule has 128 valence electrons. The van der Waals surface area contributed by atoms with Crippen molar-refractivity contribution in [3.05, 3.63) is 34.5 Å². The molecule has 0 aliphatic rings. The van der Waals surface area contributed by atoms with Crippen molar-refractivity contribution in [3.63, 3.8) is 0 Å². The van der Waals surface area contributed by atoms with Gasteiger partial charge in [-0.15, -0.1) is 21.5 Å². The van der Waals surface area contributed by atoms with Crippen LogP contribution in [0.4, 0.5) is 0 Å². The van der Waals surface area contributed by atoms with Gasteiger partial charge in [-0.2, -0.15) is 0 Å². The average Bonchev–Trinajstić information content (AvgIpc) is 3.29. The minimum Gasteiger partial charge on any atom is -0.461 e. The molecule has 0 spiro atoms. The van der Waals surface area contributed by atoms with Crippen molar-refractivity contribution < 1.29 is 4.42 Å². The SMILES string of the molecule is CCn1c(SCc2csc(CCC(C)C)n2)nnc1-c1ccco1. The second-order valence-corrected chi connectivity index (χ2v) is 7.87. The molecular formula is C17H22N4OS2. The van der Waals surface area contributed by atoms with Gasteiger partial charge in [0.25, 0.3) is 0 Å². The van der Waals surface area contributed by atoms with Gasteiger partial charge < -0.3 is 4.42 Å². The van der Waals surface area contributed by atoms with Crippen LogP contribution < -0.4 is 0 Å². The fourth-order valence-corrected chi connectivity index (χ4v) is 4.16.